The Balaban J connectivity index is 1.72. The van der Waals surface area contributed by atoms with E-state index in [4.69, 9.17) is 0 Å². The minimum atomic E-state index is -5.02. The first-order chi connectivity index (χ1) is 14.4. The van der Waals surface area contributed by atoms with Crippen LogP contribution in [0.3, 0.4) is 0 Å². The van der Waals surface area contributed by atoms with Crippen molar-refractivity contribution < 1.29 is 31.9 Å². The maximum absolute atomic E-state index is 14.1. The lowest BCUT2D eigenvalue weighted by Gasteiger charge is -2.34. The van der Waals surface area contributed by atoms with Gasteiger partial charge >= 0.3 is 6.36 Å². The second-order valence-electron chi connectivity index (χ2n) is 7.64. The number of hydrogen-bond acceptors (Lipinski definition) is 4. The van der Waals surface area contributed by atoms with Crippen LogP contribution in [0, 0.1) is 5.82 Å². The predicted octanol–water partition coefficient (Wildman–Crippen LogP) is 3.25. The van der Waals surface area contributed by atoms with Gasteiger partial charge in [-0.05, 0) is 37.1 Å². The molecular formula is C21H21F4N3O3. The predicted molar refractivity (Wildman–Crippen MR) is 103 cm³/mol. The summed E-state index contributed by atoms with van der Waals surface area (Å²) < 4.78 is 54.7. The highest BCUT2D eigenvalue weighted by Gasteiger charge is 2.35. The molecule has 2 unspecified atom stereocenters. The number of alkyl halides is 3. The van der Waals surface area contributed by atoms with Crippen molar-refractivity contribution in [2.24, 2.45) is 0 Å². The van der Waals surface area contributed by atoms with E-state index in [1.807, 2.05) is 6.07 Å². The Hall–Kier alpha value is -3.14. The molecule has 3 rings (SSSR count). The quantitative estimate of drug-likeness (QED) is 0.625. The summed E-state index contributed by atoms with van der Waals surface area (Å²) in [5.74, 6) is -2.99. The summed E-state index contributed by atoms with van der Waals surface area (Å²) >= 11 is 0. The van der Waals surface area contributed by atoms with Crippen LogP contribution in [0.2, 0.25) is 0 Å². The summed E-state index contributed by atoms with van der Waals surface area (Å²) in [5, 5.41) is 8.53. The molecule has 2 atom stereocenters. The average molecular weight is 439 g/mol. The number of ether oxygens (including phenoxy) is 1. The molecule has 1 aliphatic heterocycles. The van der Waals surface area contributed by atoms with Gasteiger partial charge in [-0.25, -0.2) is 4.39 Å². The fourth-order valence-corrected chi connectivity index (χ4v) is 3.26. The first kappa shape index (κ1) is 22.5. The Morgan fingerprint density at radius 3 is 2.42 bits per heavy atom. The van der Waals surface area contributed by atoms with Gasteiger partial charge in [0, 0.05) is 0 Å². The summed E-state index contributed by atoms with van der Waals surface area (Å²) in [6.07, 6.45) is -5.68. The van der Waals surface area contributed by atoms with Crippen LogP contribution < -0.4 is 20.7 Å². The molecule has 0 bridgehead atoms. The Bertz CT molecular complexity index is 964. The van der Waals surface area contributed by atoms with Gasteiger partial charge in [0.2, 0.25) is 11.8 Å². The highest BCUT2D eigenvalue weighted by Crippen LogP contribution is 2.30. The third-order valence-corrected chi connectivity index (χ3v) is 4.83. The van der Waals surface area contributed by atoms with Crippen molar-refractivity contribution in [3.8, 4) is 5.75 Å². The van der Waals surface area contributed by atoms with E-state index in [1.165, 1.54) is 6.07 Å². The standard InChI is InChI=1S/C21H21F4N3O3/c1-20(2,13-8-9-16(14(22)10-13)31-21(23,24)25)28-19(30)15-11-17(29)27-18(26-15)12-6-4-3-5-7-12/h3-10,15,18,26H,11H2,1-2H3,(H,27,29)(H,28,30). The third-order valence-electron chi connectivity index (χ3n) is 4.83. The van der Waals surface area contributed by atoms with Gasteiger partial charge in [0.15, 0.2) is 11.6 Å². The van der Waals surface area contributed by atoms with Crippen molar-refractivity contribution in [1.29, 1.82) is 0 Å². The first-order valence-electron chi connectivity index (χ1n) is 9.43. The maximum atomic E-state index is 14.1. The molecule has 2 aromatic carbocycles. The second-order valence-corrected chi connectivity index (χ2v) is 7.64. The topological polar surface area (TPSA) is 79.5 Å². The van der Waals surface area contributed by atoms with Crippen LogP contribution in [0.1, 0.15) is 37.6 Å². The zero-order chi connectivity index (χ0) is 22.8. The Kier molecular flexibility index (Phi) is 6.21. The molecule has 0 saturated carbocycles. The molecule has 6 nitrogen and oxygen atoms in total. The molecule has 166 valence electrons. The summed E-state index contributed by atoms with van der Waals surface area (Å²) in [4.78, 5) is 24.9. The van der Waals surface area contributed by atoms with Crippen molar-refractivity contribution >= 4 is 11.8 Å². The van der Waals surface area contributed by atoms with Gasteiger partial charge in [-0.3, -0.25) is 14.9 Å². The lowest BCUT2D eigenvalue weighted by Crippen LogP contribution is -2.58. The van der Waals surface area contributed by atoms with Gasteiger partial charge < -0.3 is 15.4 Å². The van der Waals surface area contributed by atoms with Crippen LogP contribution >= 0.6 is 0 Å². The zero-order valence-corrected chi connectivity index (χ0v) is 16.7. The molecule has 1 saturated heterocycles. The summed E-state index contributed by atoms with van der Waals surface area (Å²) in [6, 6.07) is 11.1. The molecule has 3 N–H and O–H groups in total. The highest BCUT2D eigenvalue weighted by atomic mass is 19.4. The summed E-state index contributed by atoms with van der Waals surface area (Å²) in [5.41, 5.74) is -0.130. The van der Waals surface area contributed by atoms with Crippen molar-refractivity contribution in [3.63, 3.8) is 0 Å². The minimum Gasteiger partial charge on any atom is -0.403 e. The molecular weight excluding hydrogens is 418 g/mol. The Morgan fingerprint density at radius 2 is 1.81 bits per heavy atom. The number of carbonyl (C=O) groups is 2. The average Bonchev–Trinajstić information content (AvgIpc) is 2.68. The molecule has 0 aromatic heterocycles. The van der Waals surface area contributed by atoms with Crippen LogP contribution in [0.5, 0.6) is 5.75 Å². The van der Waals surface area contributed by atoms with Crippen LogP contribution in [0.15, 0.2) is 48.5 Å². The van der Waals surface area contributed by atoms with Crippen molar-refractivity contribution in [2.75, 3.05) is 0 Å². The van der Waals surface area contributed by atoms with Gasteiger partial charge in [0.1, 0.15) is 6.17 Å². The van der Waals surface area contributed by atoms with E-state index in [2.05, 4.69) is 20.7 Å². The molecule has 0 spiro atoms. The summed E-state index contributed by atoms with van der Waals surface area (Å²) in [6.45, 7) is 3.14. The summed E-state index contributed by atoms with van der Waals surface area (Å²) in [7, 11) is 0. The molecule has 10 heteroatoms. The molecule has 0 radical (unpaired) electrons. The molecule has 2 aromatic rings. The Morgan fingerprint density at radius 1 is 1.13 bits per heavy atom. The van der Waals surface area contributed by atoms with E-state index in [0.717, 1.165) is 17.7 Å². The number of benzene rings is 2. The number of carbonyl (C=O) groups excluding carboxylic acids is 2. The van der Waals surface area contributed by atoms with E-state index >= 15 is 0 Å². The lowest BCUT2D eigenvalue weighted by molar-refractivity contribution is -0.275. The number of rotatable bonds is 5. The minimum absolute atomic E-state index is 0.0992. The van der Waals surface area contributed by atoms with E-state index in [1.54, 1.807) is 38.1 Å². The van der Waals surface area contributed by atoms with E-state index < -0.39 is 41.6 Å². The van der Waals surface area contributed by atoms with Crippen molar-refractivity contribution in [2.45, 2.75) is 44.4 Å². The fraction of sp³-hybridized carbons (Fsp3) is 0.333. The molecule has 2 amide bonds. The van der Waals surface area contributed by atoms with Gasteiger partial charge in [-0.1, -0.05) is 36.4 Å². The number of halogens is 4. The smallest absolute Gasteiger partial charge is 0.403 e. The molecule has 1 aliphatic rings. The van der Waals surface area contributed by atoms with Gasteiger partial charge in [0.05, 0.1) is 18.0 Å². The second kappa shape index (κ2) is 8.54. The first-order valence-corrected chi connectivity index (χ1v) is 9.43. The Labute approximate surface area is 176 Å². The van der Waals surface area contributed by atoms with Crippen LogP contribution in [0.4, 0.5) is 17.6 Å². The van der Waals surface area contributed by atoms with Crippen molar-refractivity contribution in [3.05, 3.63) is 65.5 Å². The van der Waals surface area contributed by atoms with Crippen LogP contribution in [-0.2, 0) is 15.1 Å². The van der Waals surface area contributed by atoms with Gasteiger partial charge in [-0.15, -0.1) is 13.2 Å². The molecule has 0 aliphatic carbocycles. The van der Waals surface area contributed by atoms with Crippen LogP contribution in [-0.4, -0.2) is 24.2 Å². The lowest BCUT2D eigenvalue weighted by atomic mass is 9.93. The monoisotopic (exact) mass is 439 g/mol. The zero-order valence-electron chi connectivity index (χ0n) is 16.7. The number of hydrogen-bond donors (Lipinski definition) is 3. The SMILES string of the molecule is CC(C)(NC(=O)C1CC(=O)NC(c2ccccc2)N1)c1ccc(OC(F)(F)F)c(F)c1. The van der Waals surface area contributed by atoms with Gasteiger partial charge in [0.25, 0.3) is 0 Å². The fourth-order valence-electron chi connectivity index (χ4n) is 3.26. The van der Waals surface area contributed by atoms with Crippen LogP contribution in [0.25, 0.3) is 0 Å². The van der Waals surface area contributed by atoms with E-state index in [9.17, 15) is 27.2 Å². The molecule has 1 fully saturated rings. The molecule has 1 heterocycles. The van der Waals surface area contributed by atoms with E-state index in [-0.39, 0.29) is 17.9 Å². The normalized spacial score (nSPS) is 19.5. The number of nitrogens with one attached hydrogen (secondary N) is 3. The maximum Gasteiger partial charge on any atom is 0.573 e. The third kappa shape index (κ3) is 5.72. The number of amides is 2. The van der Waals surface area contributed by atoms with E-state index in [0.29, 0.717) is 0 Å². The van der Waals surface area contributed by atoms with Crippen molar-refractivity contribution in [1.82, 2.24) is 16.0 Å². The highest BCUT2D eigenvalue weighted by molar-refractivity contribution is 5.90. The largest absolute Gasteiger partial charge is 0.573 e. The molecule has 31 heavy (non-hydrogen) atoms. The van der Waals surface area contributed by atoms with Gasteiger partial charge in [-0.2, -0.15) is 0 Å².